The zero-order valence-electron chi connectivity index (χ0n) is 14.6. The molecule has 0 saturated heterocycles. The highest BCUT2D eigenvalue weighted by atomic mass is 19.4. The van der Waals surface area contributed by atoms with Crippen molar-refractivity contribution >= 4 is 10.8 Å². The lowest BCUT2D eigenvalue weighted by molar-refractivity contribution is -0.138. The molecule has 0 amide bonds. The number of ether oxygens (including phenoxy) is 1. The molecule has 0 fully saturated rings. The zero-order valence-corrected chi connectivity index (χ0v) is 14.6. The second-order valence-electron chi connectivity index (χ2n) is 6.54. The molecule has 1 unspecified atom stereocenters. The summed E-state index contributed by atoms with van der Waals surface area (Å²) >= 11 is 0. The monoisotopic (exact) mass is 380 g/mol. The summed E-state index contributed by atoms with van der Waals surface area (Å²) in [6.45, 7) is 0. The van der Waals surface area contributed by atoms with E-state index in [0.29, 0.717) is 16.9 Å². The summed E-state index contributed by atoms with van der Waals surface area (Å²) < 4.78 is 47.0. The number of nitrogens with zero attached hydrogens (tertiary/aromatic N) is 1. The number of nitriles is 1. The van der Waals surface area contributed by atoms with Gasteiger partial charge in [-0.15, -0.1) is 0 Å². The number of fused-ring (bicyclic) bond motifs is 3. The summed E-state index contributed by atoms with van der Waals surface area (Å²) in [5, 5.41) is 10.9. The van der Waals surface area contributed by atoms with Crippen LogP contribution in [0.25, 0.3) is 10.8 Å². The first-order valence-electron chi connectivity index (χ1n) is 8.63. The van der Waals surface area contributed by atoms with Crippen LogP contribution in [0.3, 0.4) is 0 Å². The van der Waals surface area contributed by atoms with Crippen LogP contribution in [0, 0.1) is 11.3 Å². The quantitative estimate of drug-likeness (QED) is 0.642. The molecule has 0 bridgehead atoms. The van der Waals surface area contributed by atoms with Gasteiger partial charge in [-0.05, 0) is 28.5 Å². The van der Waals surface area contributed by atoms with Crippen LogP contribution in [0.2, 0.25) is 0 Å². The minimum Gasteiger partial charge on any atom is -0.441 e. The van der Waals surface area contributed by atoms with E-state index in [1.807, 2.05) is 36.4 Å². The molecule has 2 N–H and O–H groups in total. The molecule has 0 aliphatic carbocycles. The van der Waals surface area contributed by atoms with Gasteiger partial charge in [-0.2, -0.15) is 18.4 Å². The Labute approximate surface area is 159 Å². The van der Waals surface area contributed by atoms with Crippen molar-refractivity contribution in [3.63, 3.8) is 0 Å². The number of nitrogens with two attached hydrogens (primary N) is 1. The Morgan fingerprint density at radius 2 is 1.71 bits per heavy atom. The van der Waals surface area contributed by atoms with Gasteiger partial charge in [0.05, 0.1) is 18.1 Å². The summed E-state index contributed by atoms with van der Waals surface area (Å²) in [5.74, 6) is -0.446. The van der Waals surface area contributed by atoms with Crippen molar-refractivity contribution in [3.05, 3.63) is 88.8 Å². The fourth-order valence-corrected chi connectivity index (χ4v) is 3.79. The SMILES string of the molecule is N#CCC1=C(N)Oc2ccc3ccccc3c2C1c1ccccc1C(F)(F)F. The summed E-state index contributed by atoms with van der Waals surface area (Å²) in [4.78, 5) is 0. The molecule has 1 heterocycles. The third-order valence-corrected chi connectivity index (χ3v) is 4.95. The highest BCUT2D eigenvalue weighted by molar-refractivity contribution is 5.90. The largest absolute Gasteiger partial charge is 0.441 e. The molecule has 3 nitrogen and oxygen atoms in total. The number of alkyl halides is 3. The predicted molar refractivity (Wildman–Crippen MR) is 99.3 cm³/mol. The molecular weight excluding hydrogens is 365 g/mol. The Kier molecular flexibility index (Phi) is 4.23. The van der Waals surface area contributed by atoms with Gasteiger partial charge in [-0.1, -0.05) is 48.5 Å². The Balaban J connectivity index is 2.08. The van der Waals surface area contributed by atoms with Crippen molar-refractivity contribution in [1.82, 2.24) is 0 Å². The molecule has 28 heavy (non-hydrogen) atoms. The van der Waals surface area contributed by atoms with Gasteiger partial charge in [0.25, 0.3) is 0 Å². The summed E-state index contributed by atoms with van der Waals surface area (Å²) in [5.41, 5.74) is 6.28. The third kappa shape index (κ3) is 2.85. The lowest BCUT2D eigenvalue weighted by Crippen LogP contribution is -2.24. The molecule has 1 atom stereocenters. The summed E-state index contributed by atoms with van der Waals surface area (Å²) in [6, 6.07) is 18.4. The third-order valence-electron chi connectivity index (χ3n) is 4.95. The predicted octanol–water partition coefficient (Wildman–Crippen LogP) is 5.47. The molecule has 140 valence electrons. The van der Waals surface area contributed by atoms with Crippen LogP contribution < -0.4 is 10.5 Å². The van der Waals surface area contributed by atoms with Crippen LogP contribution in [-0.2, 0) is 6.18 Å². The fraction of sp³-hybridized carbons (Fsp3) is 0.136. The number of benzene rings is 3. The lowest BCUT2D eigenvalue weighted by Gasteiger charge is -2.31. The van der Waals surface area contributed by atoms with E-state index in [9.17, 15) is 18.4 Å². The van der Waals surface area contributed by atoms with Crippen LogP contribution in [0.5, 0.6) is 5.75 Å². The molecule has 1 aliphatic rings. The molecule has 0 aromatic heterocycles. The van der Waals surface area contributed by atoms with E-state index >= 15 is 0 Å². The molecule has 0 spiro atoms. The van der Waals surface area contributed by atoms with Crippen molar-refractivity contribution in [3.8, 4) is 11.8 Å². The summed E-state index contributed by atoms with van der Waals surface area (Å²) in [7, 11) is 0. The molecule has 0 saturated carbocycles. The Morgan fingerprint density at radius 1 is 1.00 bits per heavy atom. The van der Waals surface area contributed by atoms with Crippen LogP contribution in [-0.4, -0.2) is 0 Å². The van der Waals surface area contributed by atoms with Crippen LogP contribution >= 0.6 is 0 Å². The smallest absolute Gasteiger partial charge is 0.416 e. The second-order valence-corrected chi connectivity index (χ2v) is 6.54. The Morgan fingerprint density at radius 3 is 2.46 bits per heavy atom. The van der Waals surface area contributed by atoms with Crippen molar-refractivity contribution in [1.29, 1.82) is 5.26 Å². The lowest BCUT2D eigenvalue weighted by atomic mass is 9.78. The van der Waals surface area contributed by atoms with E-state index in [0.717, 1.165) is 16.8 Å². The van der Waals surface area contributed by atoms with Gasteiger partial charge >= 0.3 is 6.18 Å². The maximum Gasteiger partial charge on any atom is 0.416 e. The van der Waals surface area contributed by atoms with Crippen LogP contribution in [0.4, 0.5) is 13.2 Å². The van der Waals surface area contributed by atoms with Crippen LogP contribution in [0.15, 0.2) is 72.1 Å². The fourth-order valence-electron chi connectivity index (χ4n) is 3.79. The van der Waals surface area contributed by atoms with Crippen molar-refractivity contribution in [2.24, 2.45) is 5.73 Å². The average Bonchev–Trinajstić information content (AvgIpc) is 2.68. The van der Waals surface area contributed by atoms with Crippen molar-refractivity contribution in [2.45, 2.75) is 18.5 Å². The average molecular weight is 380 g/mol. The highest BCUT2D eigenvalue weighted by Crippen LogP contribution is 2.49. The van der Waals surface area contributed by atoms with Gasteiger partial charge in [0, 0.05) is 17.1 Å². The number of rotatable bonds is 2. The molecule has 4 rings (SSSR count). The molecule has 1 aliphatic heterocycles. The standard InChI is InChI=1S/C22H15F3N2O/c23-22(24,25)17-8-4-3-7-15(17)19-16(11-12-26)21(27)28-18-10-9-13-5-1-2-6-14(13)20(18)19/h1-10,19H,11,27H2. The maximum atomic E-state index is 13.8. The van der Waals surface area contributed by atoms with E-state index in [1.165, 1.54) is 12.1 Å². The van der Waals surface area contributed by atoms with Crippen LogP contribution in [0.1, 0.15) is 29.0 Å². The Hall–Kier alpha value is -3.46. The van der Waals surface area contributed by atoms with E-state index in [4.69, 9.17) is 10.5 Å². The first kappa shape index (κ1) is 17.9. The van der Waals surface area contributed by atoms with Gasteiger partial charge in [0.2, 0.25) is 0 Å². The van der Waals surface area contributed by atoms with E-state index in [1.54, 1.807) is 12.1 Å². The topological polar surface area (TPSA) is 59.0 Å². The molecule has 0 radical (unpaired) electrons. The Bertz CT molecular complexity index is 1140. The van der Waals surface area contributed by atoms with E-state index in [-0.39, 0.29) is 17.9 Å². The zero-order chi connectivity index (χ0) is 19.9. The number of allylic oxidation sites excluding steroid dienone is 1. The first-order valence-corrected chi connectivity index (χ1v) is 8.63. The van der Waals surface area contributed by atoms with E-state index in [2.05, 4.69) is 0 Å². The maximum absolute atomic E-state index is 13.8. The minimum absolute atomic E-state index is 0.0219. The molecular formula is C22H15F3N2O. The summed E-state index contributed by atoms with van der Waals surface area (Å²) in [6.07, 6.45) is -4.67. The number of halogens is 3. The normalized spacial score (nSPS) is 16.4. The van der Waals surface area contributed by atoms with Gasteiger partial charge in [0.15, 0.2) is 5.88 Å². The van der Waals surface area contributed by atoms with Gasteiger partial charge < -0.3 is 10.5 Å². The van der Waals surface area contributed by atoms with E-state index < -0.39 is 17.7 Å². The molecule has 6 heteroatoms. The van der Waals surface area contributed by atoms with Crippen molar-refractivity contribution in [2.75, 3.05) is 0 Å². The number of hydrogen-bond acceptors (Lipinski definition) is 3. The minimum atomic E-state index is -4.54. The molecule has 3 aromatic rings. The number of hydrogen-bond donors (Lipinski definition) is 1. The highest BCUT2D eigenvalue weighted by Gasteiger charge is 2.39. The van der Waals surface area contributed by atoms with Crippen molar-refractivity contribution < 1.29 is 17.9 Å². The van der Waals surface area contributed by atoms with Gasteiger partial charge in [-0.3, -0.25) is 0 Å². The van der Waals surface area contributed by atoms with Gasteiger partial charge in [0.1, 0.15) is 5.75 Å². The first-order chi connectivity index (χ1) is 13.4. The second kappa shape index (κ2) is 6.61. The molecule has 3 aromatic carbocycles. The van der Waals surface area contributed by atoms with Gasteiger partial charge in [-0.25, -0.2) is 0 Å².